The van der Waals surface area contributed by atoms with Gasteiger partial charge in [0.25, 0.3) is 0 Å². The van der Waals surface area contributed by atoms with Gasteiger partial charge in [-0.25, -0.2) is 4.79 Å². The highest BCUT2D eigenvalue weighted by Crippen LogP contribution is 2.22. The van der Waals surface area contributed by atoms with E-state index in [1.54, 1.807) is 30.5 Å². The summed E-state index contributed by atoms with van der Waals surface area (Å²) in [7, 11) is 0. The Hall–Kier alpha value is -5.36. The van der Waals surface area contributed by atoms with E-state index in [0.29, 0.717) is 24.0 Å². The second-order valence-electron chi connectivity index (χ2n) is 11.6. The number of fused-ring (bicyclic) bond motifs is 1. The number of likely N-dealkylation sites (tertiary alicyclic amines) is 1. The molecule has 12 nitrogen and oxygen atoms in total. The van der Waals surface area contributed by atoms with Crippen molar-refractivity contribution in [3.05, 3.63) is 95.7 Å². The Morgan fingerprint density at radius 2 is 1.46 bits per heavy atom. The minimum Gasteiger partial charge on any atom is -0.508 e. The van der Waals surface area contributed by atoms with E-state index in [1.807, 2.05) is 24.3 Å². The molecule has 0 saturated carbocycles. The van der Waals surface area contributed by atoms with Crippen LogP contribution in [0.2, 0.25) is 0 Å². The average molecular weight is 628 g/mol. The fraction of sp³-hybridized carbons (Fsp3) is 0.294. The number of benzene rings is 3. The van der Waals surface area contributed by atoms with Crippen molar-refractivity contribution in [2.24, 2.45) is 5.73 Å². The molecule has 4 atom stereocenters. The molecule has 1 fully saturated rings. The first-order valence-corrected chi connectivity index (χ1v) is 15.1. The molecule has 0 radical (unpaired) electrons. The second kappa shape index (κ2) is 14.2. The number of phenolic OH excluding ortho intramolecular Hbond substituents is 2. The SMILES string of the molecule is NC(Cc1c[nH]c2ccccc12)C(=O)NC(Cc1ccc(O)cc1)C(=O)N1CCCC1C(=O)NC(Cc1ccc(O)cc1)C(=O)O. The van der Waals surface area contributed by atoms with Crippen LogP contribution in [0.25, 0.3) is 10.9 Å². The van der Waals surface area contributed by atoms with Crippen molar-refractivity contribution in [2.45, 2.75) is 56.3 Å². The maximum Gasteiger partial charge on any atom is 0.326 e. The number of para-hydroxylation sites is 1. The smallest absolute Gasteiger partial charge is 0.326 e. The quantitative estimate of drug-likeness (QED) is 0.124. The van der Waals surface area contributed by atoms with E-state index in [9.17, 15) is 34.5 Å². The highest BCUT2D eigenvalue weighted by Gasteiger charge is 2.39. The largest absolute Gasteiger partial charge is 0.508 e. The molecule has 1 aliphatic heterocycles. The Morgan fingerprint density at radius 1 is 0.848 bits per heavy atom. The highest BCUT2D eigenvalue weighted by atomic mass is 16.4. The van der Waals surface area contributed by atoms with Gasteiger partial charge in [0.15, 0.2) is 0 Å². The number of phenols is 2. The number of rotatable bonds is 12. The third kappa shape index (κ3) is 7.64. The lowest BCUT2D eigenvalue weighted by Gasteiger charge is -2.30. The fourth-order valence-corrected chi connectivity index (χ4v) is 5.82. The molecule has 1 aromatic heterocycles. The van der Waals surface area contributed by atoms with Crippen LogP contribution < -0.4 is 16.4 Å². The number of aromatic nitrogens is 1. The third-order valence-corrected chi connectivity index (χ3v) is 8.27. The Labute approximate surface area is 265 Å². The normalized spacial score (nSPS) is 16.5. The number of nitrogens with zero attached hydrogens (tertiary/aromatic N) is 1. The molecule has 4 aromatic rings. The minimum absolute atomic E-state index is 0.0180. The summed E-state index contributed by atoms with van der Waals surface area (Å²) in [5.74, 6) is -2.80. The molecule has 240 valence electrons. The number of carboxylic acid groups (broad SMARTS) is 1. The third-order valence-electron chi connectivity index (χ3n) is 8.27. The predicted molar refractivity (Wildman–Crippen MR) is 170 cm³/mol. The van der Waals surface area contributed by atoms with Crippen molar-refractivity contribution in [3.8, 4) is 11.5 Å². The summed E-state index contributed by atoms with van der Waals surface area (Å²) in [6.45, 7) is 0.246. The molecule has 8 N–H and O–H groups in total. The van der Waals surface area contributed by atoms with E-state index < -0.39 is 47.9 Å². The first kappa shape index (κ1) is 32.0. The molecule has 1 saturated heterocycles. The number of H-pyrrole nitrogens is 1. The Morgan fingerprint density at radius 3 is 2.09 bits per heavy atom. The molecule has 3 amide bonds. The lowest BCUT2D eigenvalue weighted by Crippen LogP contribution is -2.57. The van der Waals surface area contributed by atoms with Crippen molar-refractivity contribution < 1.29 is 34.5 Å². The van der Waals surface area contributed by atoms with Crippen LogP contribution in [-0.4, -0.2) is 79.6 Å². The van der Waals surface area contributed by atoms with E-state index in [4.69, 9.17) is 5.73 Å². The van der Waals surface area contributed by atoms with E-state index in [-0.39, 0.29) is 37.3 Å². The molecular weight excluding hydrogens is 590 g/mol. The number of amides is 3. The number of hydrogen-bond acceptors (Lipinski definition) is 7. The van der Waals surface area contributed by atoms with Gasteiger partial charge in [-0.2, -0.15) is 0 Å². The average Bonchev–Trinajstić information content (AvgIpc) is 3.70. The highest BCUT2D eigenvalue weighted by molar-refractivity contribution is 5.95. The zero-order valence-corrected chi connectivity index (χ0v) is 25.1. The van der Waals surface area contributed by atoms with Gasteiger partial charge in [0.1, 0.15) is 29.6 Å². The number of carboxylic acids is 1. The van der Waals surface area contributed by atoms with Crippen LogP contribution in [0.1, 0.15) is 29.5 Å². The Kier molecular flexibility index (Phi) is 9.87. The van der Waals surface area contributed by atoms with Crippen molar-refractivity contribution in [3.63, 3.8) is 0 Å². The number of aromatic amines is 1. The van der Waals surface area contributed by atoms with E-state index >= 15 is 0 Å². The lowest BCUT2D eigenvalue weighted by atomic mass is 10.0. The summed E-state index contributed by atoms with van der Waals surface area (Å²) in [6.07, 6.45) is 2.92. The molecule has 0 aliphatic carbocycles. The number of nitrogens with two attached hydrogens (primary N) is 1. The zero-order chi connectivity index (χ0) is 32.8. The fourth-order valence-electron chi connectivity index (χ4n) is 5.82. The van der Waals surface area contributed by atoms with Gasteiger partial charge in [-0.15, -0.1) is 0 Å². The van der Waals surface area contributed by atoms with Crippen LogP contribution in [0.5, 0.6) is 11.5 Å². The molecule has 5 rings (SSSR count). The molecule has 3 aromatic carbocycles. The molecule has 1 aliphatic rings. The van der Waals surface area contributed by atoms with Gasteiger partial charge < -0.3 is 41.6 Å². The predicted octanol–water partition coefficient (Wildman–Crippen LogP) is 1.98. The lowest BCUT2D eigenvalue weighted by molar-refractivity contribution is -0.144. The van der Waals surface area contributed by atoms with Gasteiger partial charge in [0.05, 0.1) is 6.04 Å². The van der Waals surface area contributed by atoms with Gasteiger partial charge in [0, 0.05) is 36.5 Å². The standard InChI is InChI=1S/C34H37N5O7/c35-26(18-22-19-36-27-5-2-1-4-25(22)27)31(42)37-28(16-20-7-11-23(40)12-8-20)33(44)39-15-3-6-30(39)32(43)38-29(34(45)46)17-21-9-13-24(41)14-10-21/h1-2,4-5,7-14,19,26,28-30,36,40-41H,3,6,15-18,35H2,(H,37,42)(H,38,43)(H,45,46). The number of aliphatic carboxylic acids is 1. The summed E-state index contributed by atoms with van der Waals surface area (Å²) in [5, 5.41) is 35.4. The molecule has 0 bridgehead atoms. The second-order valence-corrected chi connectivity index (χ2v) is 11.6. The number of hydrogen-bond donors (Lipinski definition) is 7. The maximum absolute atomic E-state index is 14.0. The van der Waals surface area contributed by atoms with Crippen LogP contribution in [-0.2, 0) is 38.4 Å². The first-order chi connectivity index (χ1) is 22.1. The van der Waals surface area contributed by atoms with Crippen LogP contribution in [0.3, 0.4) is 0 Å². The van der Waals surface area contributed by atoms with Crippen molar-refractivity contribution in [1.29, 1.82) is 0 Å². The summed E-state index contributed by atoms with van der Waals surface area (Å²) in [6, 6.07) is 15.7. The van der Waals surface area contributed by atoms with Crippen LogP contribution in [0.4, 0.5) is 0 Å². The molecule has 12 heteroatoms. The molecule has 2 heterocycles. The van der Waals surface area contributed by atoms with Gasteiger partial charge in [-0.1, -0.05) is 42.5 Å². The first-order valence-electron chi connectivity index (χ1n) is 15.1. The molecule has 46 heavy (non-hydrogen) atoms. The van der Waals surface area contributed by atoms with Crippen molar-refractivity contribution in [2.75, 3.05) is 6.54 Å². The monoisotopic (exact) mass is 627 g/mol. The zero-order valence-electron chi connectivity index (χ0n) is 25.1. The van der Waals surface area contributed by atoms with Crippen LogP contribution >= 0.6 is 0 Å². The molecule has 0 spiro atoms. The number of nitrogens with one attached hydrogen (secondary N) is 3. The minimum atomic E-state index is -1.26. The maximum atomic E-state index is 14.0. The van der Waals surface area contributed by atoms with E-state index in [0.717, 1.165) is 16.5 Å². The molecular formula is C34H37N5O7. The van der Waals surface area contributed by atoms with Gasteiger partial charge in [-0.05, 0) is 66.3 Å². The summed E-state index contributed by atoms with van der Waals surface area (Å²) in [4.78, 5) is 57.4. The van der Waals surface area contributed by atoms with Gasteiger partial charge in [-0.3, -0.25) is 14.4 Å². The Balaban J connectivity index is 1.31. The number of carbonyl (C=O) groups excluding carboxylic acids is 3. The van der Waals surface area contributed by atoms with Crippen LogP contribution in [0.15, 0.2) is 79.0 Å². The topological polar surface area (TPSA) is 198 Å². The van der Waals surface area contributed by atoms with Gasteiger partial charge in [0.2, 0.25) is 17.7 Å². The number of aromatic hydroxyl groups is 2. The summed E-state index contributed by atoms with van der Waals surface area (Å²) < 4.78 is 0. The molecule has 4 unspecified atom stereocenters. The number of carbonyl (C=O) groups is 4. The van der Waals surface area contributed by atoms with Crippen molar-refractivity contribution >= 4 is 34.6 Å². The Bertz CT molecular complexity index is 1700. The van der Waals surface area contributed by atoms with Gasteiger partial charge >= 0.3 is 5.97 Å². The van der Waals surface area contributed by atoms with Crippen molar-refractivity contribution in [1.82, 2.24) is 20.5 Å². The van der Waals surface area contributed by atoms with E-state index in [2.05, 4.69) is 15.6 Å². The van der Waals surface area contributed by atoms with Crippen LogP contribution in [0, 0.1) is 0 Å². The summed E-state index contributed by atoms with van der Waals surface area (Å²) >= 11 is 0. The summed E-state index contributed by atoms with van der Waals surface area (Å²) in [5.41, 5.74) is 9.37. The van der Waals surface area contributed by atoms with E-state index in [1.165, 1.54) is 29.2 Å².